The summed E-state index contributed by atoms with van der Waals surface area (Å²) in [4.78, 5) is 0. The molecule has 0 unspecified atom stereocenters. The molecule has 0 amide bonds. The summed E-state index contributed by atoms with van der Waals surface area (Å²) in [6, 6.07) is 5.15. The predicted octanol–water partition coefficient (Wildman–Crippen LogP) is 4.13. The molecule has 1 aromatic rings. The molecule has 0 aliphatic heterocycles. The van der Waals surface area contributed by atoms with Crippen molar-refractivity contribution in [2.45, 2.75) is 39.0 Å². The Kier molecular flexibility index (Phi) is 3.81. The highest BCUT2D eigenvalue weighted by molar-refractivity contribution is 5.45. The van der Waals surface area contributed by atoms with E-state index >= 15 is 0 Å². The fourth-order valence-electron chi connectivity index (χ4n) is 2.49. The Morgan fingerprint density at radius 2 is 1.94 bits per heavy atom. The second-order valence-electron chi connectivity index (χ2n) is 4.90. The summed E-state index contributed by atoms with van der Waals surface area (Å²) >= 11 is 0. The van der Waals surface area contributed by atoms with Crippen molar-refractivity contribution in [2.24, 2.45) is 5.92 Å². The first kappa shape index (κ1) is 11.4. The van der Waals surface area contributed by atoms with E-state index in [1.807, 2.05) is 13.0 Å². The highest BCUT2D eigenvalue weighted by atomic mass is 19.1. The van der Waals surface area contributed by atoms with Crippen molar-refractivity contribution in [1.29, 1.82) is 0 Å². The normalized spacial score (nSPS) is 17.4. The van der Waals surface area contributed by atoms with Gasteiger partial charge in [0.25, 0.3) is 0 Å². The Labute approximate surface area is 97.1 Å². The molecule has 1 saturated carbocycles. The fourth-order valence-corrected chi connectivity index (χ4v) is 2.49. The van der Waals surface area contributed by atoms with E-state index in [0.717, 1.165) is 23.7 Å². The van der Waals surface area contributed by atoms with E-state index in [1.54, 1.807) is 12.1 Å². The van der Waals surface area contributed by atoms with Gasteiger partial charge in [0, 0.05) is 12.2 Å². The van der Waals surface area contributed by atoms with E-state index in [2.05, 4.69) is 5.32 Å². The van der Waals surface area contributed by atoms with Gasteiger partial charge < -0.3 is 5.32 Å². The number of nitrogens with one attached hydrogen (secondary N) is 1. The fraction of sp³-hybridized carbons (Fsp3) is 0.571. The van der Waals surface area contributed by atoms with E-state index < -0.39 is 0 Å². The summed E-state index contributed by atoms with van der Waals surface area (Å²) in [7, 11) is 0. The first-order valence-corrected chi connectivity index (χ1v) is 6.25. The quantitative estimate of drug-likeness (QED) is 0.809. The van der Waals surface area contributed by atoms with Crippen molar-refractivity contribution in [3.63, 3.8) is 0 Å². The van der Waals surface area contributed by atoms with Gasteiger partial charge in [-0.3, -0.25) is 0 Å². The van der Waals surface area contributed by atoms with Gasteiger partial charge in [0.2, 0.25) is 0 Å². The van der Waals surface area contributed by atoms with Crippen molar-refractivity contribution < 1.29 is 4.39 Å². The molecule has 2 heteroatoms. The first-order chi connectivity index (χ1) is 7.74. The summed E-state index contributed by atoms with van der Waals surface area (Å²) in [5.74, 6) is 0.628. The third kappa shape index (κ3) is 3.22. The van der Waals surface area contributed by atoms with Gasteiger partial charge in [-0.05, 0) is 49.4 Å². The van der Waals surface area contributed by atoms with Gasteiger partial charge >= 0.3 is 0 Å². The highest BCUT2D eigenvalue weighted by Gasteiger charge is 2.12. The molecular formula is C14H20FN. The van der Waals surface area contributed by atoms with Crippen LogP contribution in [0.3, 0.4) is 0 Å². The Morgan fingerprint density at radius 3 is 2.62 bits per heavy atom. The Hall–Kier alpha value is -1.05. The molecule has 16 heavy (non-hydrogen) atoms. The van der Waals surface area contributed by atoms with Gasteiger partial charge in [0.1, 0.15) is 5.82 Å². The monoisotopic (exact) mass is 221 g/mol. The molecule has 0 spiro atoms. The van der Waals surface area contributed by atoms with Crippen molar-refractivity contribution in [2.75, 3.05) is 11.9 Å². The minimum atomic E-state index is -0.147. The third-order valence-electron chi connectivity index (χ3n) is 3.36. The lowest BCUT2D eigenvalue weighted by Crippen LogP contribution is -2.17. The average Bonchev–Trinajstić information content (AvgIpc) is 2.27. The van der Waals surface area contributed by atoms with Gasteiger partial charge in [-0.1, -0.05) is 19.3 Å². The van der Waals surface area contributed by atoms with Crippen LogP contribution in [0.25, 0.3) is 0 Å². The molecule has 0 atom stereocenters. The Balaban J connectivity index is 1.88. The molecule has 1 aliphatic carbocycles. The number of aryl methyl sites for hydroxylation is 1. The van der Waals surface area contributed by atoms with Crippen molar-refractivity contribution >= 4 is 5.69 Å². The highest BCUT2D eigenvalue weighted by Crippen LogP contribution is 2.24. The van der Waals surface area contributed by atoms with Crippen molar-refractivity contribution in [1.82, 2.24) is 0 Å². The van der Waals surface area contributed by atoms with Gasteiger partial charge in [0.15, 0.2) is 0 Å². The number of rotatable bonds is 3. The third-order valence-corrected chi connectivity index (χ3v) is 3.36. The van der Waals surface area contributed by atoms with Crippen LogP contribution in [0.2, 0.25) is 0 Å². The van der Waals surface area contributed by atoms with Crippen LogP contribution in [0.1, 0.15) is 37.7 Å². The lowest BCUT2D eigenvalue weighted by molar-refractivity contribution is 0.373. The van der Waals surface area contributed by atoms with E-state index in [-0.39, 0.29) is 5.82 Å². The maximum atomic E-state index is 13.2. The van der Waals surface area contributed by atoms with Crippen molar-refractivity contribution in [3.05, 3.63) is 29.6 Å². The maximum absolute atomic E-state index is 13.2. The summed E-state index contributed by atoms with van der Waals surface area (Å²) in [5.41, 5.74) is 1.90. The van der Waals surface area contributed by atoms with Crippen LogP contribution in [0.5, 0.6) is 0 Å². The molecule has 0 bridgehead atoms. The summed E-state index contributed by atoms with van der Waals surface area (Å²) in [5, 5.41) is 3.36. The maximum Gasteiger partial charge on any atom is 0.125 e. The van der Waals surface area contributed by atoms with Gasteiger partial charge in [-0.15, -0.1) is 0 Å². The number of halogens is 1. The summed E-state index contributed by atoms with van der Waals surface area (Å²) in [6.07, 6.45) is 6.74. The lowest BCUT2D eigenvalue weighted by atomic mass is 9.89. The molecule has 1 aromatic carbocycles. The zero-order valence-electron chi connectivity index (χ0n) is 9.93. The van der Waals surface area contributed by atoms with Crippen LogP contribution >= 0.6 is 0 Å². The molecule has 0 aromatic heterocycles. The molecule has 2 rings (SSSR count). The zero-order chi connectivity index (χ0) is 11.4. The zero-order valence-corrected chi connectivity index (χ0v) is 9.93. The van der Waals surface area contributed by atoms with E-state index in [0.29, 0.717) is 0 Å². The molecule has 1 nitrogen and oxygen atoms in total. The standard InChI is InChI=1S/C14H20FN/c1-11-7-13(15)9-14(8-11)16-10-12-5-3-2-4-6-12/h7-9,12,16H,2-6,10H2,1H3. The molecule has 1 fully saturated rings. The molecule has 1 N–H and O–H groups in total. The Bertz CT molecular complexity index is 322. The molecular weight excluding hydrogens is 201 g/mol. The number of hydrogen-bond donors (Lipinski definition) is 1. The average molecular weight is 221 g/mol. The van der Waals surface area contributed by atoms with E-state index in [9.17, 15) is 4.39 Å². The minimum absolute atomic E-state index is 0.147. The topological polar surface area (TPSA) is 12.0 Å². The molecule has 0 saturated heterocycles. The Morgan fingerprint density at radius 1 is 1.19 bits per heavy atom. The van der Waals surface area contributed by atoms with Crippen LogP contribution in [-0.4, -0.2) is 6.54 Å². The van der Waals surface area contributed by atoms with E-state index in [1.165, 1.54) is 32.1 Å². The van der Waals surface area contributed by atoms with Crippen LogP contribution < -0.4 is 5.32 Å². The summed E-state index contributed by atoms with van der Waals surface area (Å²) < 4.78 is 13.2. The molecule has 88 valence electrons. The van der Waals surface area contributed by atoms with Crippen LogP contribution in [0, 0.1) is 18.7 Å². The smallest absolute Gasteiger partial charge is 0.125 e. The summed E-state index contributed by atoms with van der Waals surface area (Å²) in [6.45, 7) is 2.91. The predicted molar refractivity (Wildman–Crippen MR) is 66.2 cm³/mol. The SMILES string of the molecule is Cc1cc(F)cc(NCC2CCCCC2)c1. The largest absolute Gasteiger partial charge is 0.385 e. The van der Waals surface area contributed by atoms with Gasteiger partial charge in [-0.25, -0.2) is 4.39 Å². The first-order valence-electron chi connectivity index (χ1n) is 6.25. The molecule has 1 aliphatic rings. The van der Waals surface area contributed by atoms with Crippen LogP contribution in [-0.2, 0) is 0 Å². The van der Waals surface area contributed by atoms with Gasteiger partial charge in [-0.2, -0.15) is 0 Å². The lowest BCUT2D eigenvalue weighted by Gasteiger charge is -2.22. The number of anilines is 1. The molecule has 0 heterocycles. The van der Waals surface area contributed by atoms with Crippen molar-refractivity contribution in [3.8, 4) is 0 Å². The second-order valence-corrected chi connectivity index (χ2v) is 4.90. The second kappa shape index (κ2) is 5.33. The number of hydrogen-bond acceptors (Lipinski definition) is 1. The number of benzene rings is 1. The van der Waals surface area contributed by atoms with Gasteiger partial charge in [0.05, 0.1) is 0 Å². The minimum Gasteiger partial charge on any atom is -0.385 e. The van der Waals surface area contributed by atoms with Crippen LogP contribution in [0.15, 0.2) is 18.2 Å². The molecule has 0 radical (unpaired) electrons. The van der Waals surface area contributed by atoms with Crippen LogP contribution in [0.4, 0.5) is 10.1 Å². The van der Waals surface area contributed by atoms with E-state index in [4.69, 9.17) is 0 Å².